The van der Waals surface area contributed by atoms with E-state index in [-0.39, 0.29) is 5.91 Å². The van der Waals surface area contributed by atoms with E-state index in [0.717, 1.165) is 22.6 Å². The molecule has 0 spiro atoms. The second kappa shape index (κ2) is 11.5. The highest BCUT2D eigenvalue weighted by Crippen LogP contribution is 2.17. The number of nitrogens with zero attached hydrogens (tertiary/aromatic N) is 1. The molecule has 0 atom stereocenters. The second-order valence-electron chi connectivity index (χ2n) is 6.68. The smallest absolute Gasteiger partial charge is 0.220 e. The first-order valence-corrected chi connectivity index (χ1v) is 9.88. The normalized spacial score (nSPS) is 10.3. The number of nitrogens with one attached hydrogen (secondary N) is 1. The van der Waals surface area contributed by atoms with E-state index >= 15 is 0 Å². The Bertz CT molecular complexity index is 914. The number of amides is 1. The van der Waals surface area contributed by atoms with Gasteiger partial charge in [-0.25, -0.2) is 4.98 Å². The first-order chi connectivity index (χ1) is 14.7. The molecule has 3 aromatic rings. The van der Waals surface area contributed by atoms with Crippen LogP contribution < -0.4 is 19.5 Å². The van der Waals surface area contributed by atoms with Crippen molar-refractivity contribution in [3.05, 3.63) is 84.1 Å². The molecule has 3 rings (SSSR count). The topological polar surface area (TPSA) is 69.7 Å². The highest BCUT2D eigenvalue weighted by atomic mass is 16.5. The van der Waals surface area contributed by atoms with Gasteiger partial charge in [0.05, 0.1) is 13.7 Å². The van der Waals surface area contributed by atoms with Gasteiger partial charge in [-0.3, -0.25) is 4.79 Å². The van der Waals surface area contributed by atoms with Crippen LogP contribution in [0, 0.1) is 0 Å². The van der Waals surface area contributed by atoms with Crippen LogP contribution in [0.5, 0.6) is 17.4 Å². The summed E-state index contributed by atoms with van der Waals surface area (Å²) in [7, 11) is 1.62. The van der Waals surface area contributed by atoms with Gasteiger partial charge in [-0.05, 0) is 47.9 Å². The number of hydrogen-bond acceptors (Lipinski definition) is 5. The summed E-state index contributed by atoms with van der Waals surface area (Å²) in [6.45, 7) is 1.37. The summed E-state index contributed by atoms with van der Waals surface area (Å²) in [6.07, 6.45) is 2.72. The van der Waals surface area contributed by atoms with Gasteiger partial charge >= 0.3 is 0 Å². The molecule has 156 valence electrons. The van der Waals surface area contributed by atoms with Crippen molar-refractivity contribution in [1.82, 2.24) is 10.3 Å². The Kier molecular flexibility index (Phi) is 8.09. The summed E-state index contributed by atoms with van der Waals surface area (Å²) in [5.41, 5.74) is 2.02. The van der Waals surface area contributed by atoms with Crippen molar-refractivity contribution in [2.45, 2.75) is 26.0 Å². The van der Waals surface area contributed by atoms with E-state index in [1.165, 1.54) is 0 Å². The van der Waals surface area contributed by atoms with E-state index in [0.29, 0.717) is 38.5 Å². The molecule has 0 aliphatic carbocycles. The first-order valence-electron chi connectivity index (χ1n) is 9.88. The summed E-state index contributed by atoms with van der Waals surface area (Å²) in [6, 6.07) is 21.0. The zero-order chi connectivity index (χ0) is 21.0. The van der Waals surface area contributed by atoms with Gasteiger partial charge in [0, 0.05) is 25.2 Å². The number of rotatable bonds is 11. The van der Waals surface area contributed by atoms with Crippen molar-refractivity contribution >= 4 is 5.91 Å². The van der Waals surface area contributed by atoms with Crippen LogP contribution >= 0.6 is 0 Å². The third-order valence-electron chi connectivity index (χ3n) is 4.39. The van der Waals surface area contributed by atoms with Crippen LogP contribution in [0.15, 0.2) is 72.9 Å². The van der Waals surface area contributed by atoms with Gasteiger partial charge in [-0.1, -0.05) is 30.3 Å². The van der Waals surface area contributed by atoms with Crippen LogP contribution in [0.1, 0.15) is 24.0 Å². The zero-order valence-corrected chi connectivity index (χ0v) is 17.0. The fraction of sp³-hybridized carbons (Fsp3) is 0.250. The quantitative estimate of drug-likeness (QED) is 0.485. The molecule has 0 aliphatic rings. The highest BCUT2D eigenvalue weighted by molar-refractivity contribution is 5.75. The third kappa shape index (κ3) is 7.13. The van der Waals surface area contributed by atoms with E-state index in [1.54, 1.807) is 13.3 Å². The Hall–Kier alpha value is -3.54. The highest BCUT2D eigenvalue weighted by Gasteiger charge is 2.04. The van der Waals surface area contributed by atoms with Crippen molar-refractivity contribution in [1.29, 1.82) is 0 Å². The fourth-order valence-corrected chi connectivity index (χ4v) is 2.75. The minimum absolute atomic E-state index is 0.0168. The first kappa shape index (κ1) is 21.2. The average molecular weight is 406 g/mol. The van der Waals surface area contributed by atoms with Crippen molar-refractivity contribution in [3.63, 3.8) is 0 Å². The fourth-order valence-electron chi connectivity index (χ4n) is 2.75. The molecule has 1 aromatic heterocycles. The summed E-state index contributed by atoms with van der Waals surface area (Å²) in [4.78, 5) is 16.3. The molecule has 0 radical (unpaired) electrons. The minimum atomic E-state index is -0.0168. The molecule has 0 fully saturated rings. The maximum absolute atomic E-state index is 12.1. The van der Waals surface area contributed by atoms with E-state index < -0.39 is 0 Å². The number of methoxy groups -OCH3 is 1. The number of carbonyl (C=O) groups is 1. The van der Waals surface area contributed by atoms with Gasteiger partial charge < -0.3 is 19.5 Å². The van der Waals surface area contributed by atoms with Gasteiger partial charge in [0.2, 0.25) is 11.8 Å². The van der Waals surface area contributed by atoms with Crippen molar-refractivity contribution in [2.75, 3.05) is 13.7 Å². The lowest BCUT2D eigenvalue weighted by Crippen LogP contribution is -2.23. The van der Waals surface area contributed by atoms with Crippen LogP contribution in [-0.4, -0.2) is 24.6 Å². The predicted molar refractivity (Wildman–Crippen MR) is 115 cm³/mol. The molecule has 6 heteroatoms. The number of benzene rings is 2. The molecular weight excluding hydrogens is 380 g/mol. The molecule has 0 aliphatic heterocycles. The molecular formula is C24H26N2O4. The summed E-state index contributed by atoms with van der Waals surface area (Å²) < 4.78 is 16.5. The Morgan fingerprint density at radius 3 is 2.47 bits per heavy atom. The minimum Gasteiger partial charge on any atom is -0.497 e. The Balaban J connectivity index is 1.34. The third-order valence-corrected chi connectivity index (χ3v) is 4.39. The molecule has 0 saturated heterocycles. The maximum atomic E-state index is 12.1. The maximum Gasteiger partial charge on any atom is 0.220 e. The van der Waals surface area contributed by atoms with Crippen LogP contribution in [0.4, 0.5) is 0 Å². The SMILES string of the molecule is COc1ccc(OCCCC(=O)NCc2ccnc(OCc3ccccc3)c2)cc1. The molecule has 0 bridgehead atoms. The number of hydrogen-bond donors (Lipinski definition) is 1. The van der Waals surface area contributed by atoms with E-state index in [4.69, 9.17) is 14.2 Å². The summed E-state index contributed by atoms with van der Waals surface area (Å²) in [5.74, 6) is 2.07. The number of aromatic nitrogens is 1. The Labute approximate surface area is 176 Å². The standard InChI is InChI=1S/C24H26N2O4/c1-28-21-9-11-22(12-10-21)29-15-5-8-23(27)26-17-20-13-14-25-24(16-20)30-18-19-6-3-2-4-7-19/h2-4,6-7,9-14,16H,5,8,15,17-18H2,1H3,(H,26,27). The molecule has 0 saturated carbocycles. The van der Waals surface area contributed by atoms with E-state index in [2.05, 4.69) is 10.3 Å². The lowest BCUT2D eigenvalue weighted by molar-refractivity contribution is -0.121. The van der Waals surface area contributed by atoms with Gasteiger partial charge in [-0.15, -0.1) is 0 Å². The van der Waals surface area contributed by atoms with Crippen molar-refractivity contribution < 1.29 is 19.0 Å². The number of ether oxygens (including phenoxy) is 3. The van der Waals surface area contributed by atoms with Gasteiger partial charge in [-0.2, -0.15) is 0 Å². The number of pyridine rings is 1. The van der Waals surface area contributed by atoms with Crippen molar-refractivity contribution in [2.24, 2.45) is 0 Å². The summed E-state index contributed by atoms with van der Waals surface area (Å²) >= 11 is 0. The monoisotopic (exact) mass is 406 g/mol. The van der Waals surface area contributed by atoms with Gasteiger partial charge in [0.25, 0.3) is 0 Å². The Morgan fingerprint density at radius 1 is 0.933 bits per heavy atom. The van der Waals surface area contributed by atoms with Crippen LogP contribution in [0.3, 0.4) is 0 Å². The average Bonchev–Trinajstić information content (AvgIpc) is 2.80. The van der Waals surface area contributed by atoms with Gasteiger partial charge in [0.1, 0.15) is 18.1 Å². The van der Waals surface area contributed by atoms with Crippen LogP contribution in [-0.2, 0) is 17.9 Å². The molecule has 30 heavy (non-hydrogen) atoms. The lowest BCUT2D eigenvalue weighted by Gasteiger charge is -2.09. The van der Waals surface area contributed by atoms with Crippen molar-refractivity contribution in [3.8, 4) is 17.4 Å². The lowest BCUT2D eigenvalue weighted by atomic mass is 10.2. The predicted octanol–water partition coefficient (Wildman–Crippen LogP) is 4.14. The second-order valence-corrected chi connectivity index (χ2v) is 6.68. The largest absolute Gasteiger partial charge is 0.497 e. The van der Waals surface area contributed by atoms with Crippen LogP contribution in [0.25, 0.3) is 0 Å². The number of carbonyl (C=O) groups excluding carboxylic acids is 1. The molecule has 6 nitrogen and oxygen atoms in total. The molecule has 2 aromatic carbocycles. The zero-order valence-electron chi connectivity index (χ0n) is 17.0. The summed E-state index contributed by atoms with van der Waals surface area (Å²) in [5, 5.41) is 2.92. The Morgan fingerprint density at radius 2 is 1.70 bits per heavy atom. The van der Waals surface area contributed by atoms with E-state index in [9.17, 15) is 4.79 Å². The van der Waals surface area contributed by atoms with Gasteiger partial charge in [0.15, 0.2) is 0 Å². The molecule has 0 unspecified atom stereocenters. The van der Waals surface area contributed by atoms with Crippen LogP contribution in [0.2, 0.25) is 0 Å². The molecule has 1 amide bonds. The van der Waals surface area contributed by atoms with E-state index in [1.807, 2.05) is 66.7 Å². The molecule has 1 N–H and O–H groups in total. The molecule has 1 heterocycles.